The van der Waals surface area contributed by atoms with E-state index in [4.69, 9.17) is 6.42 Å². The Morgan fingerprint density at radius 2 is 2.00 bits per heavy atom. The lowest BCUT2D eigenvalue weighted by Gasteiger charge is -2.20. The van der Waals surface area contributed by atoms with Crippen LogP contribution in [0.15, 0.2) is 16.6 Å². The smallest absolute Gasteiger partial charge is 0.260 e. The van der Waals surface area contributed by atoms with Crippen LogP contribution in [0.3, 0.4) is 0 Å². The molecule has 0 aliphatic rings. The third-order valence-corrected chi connectivity index (χ3v) is 2.74. The number of halogens is 3. The van der Waals surface area contributed by atoms with Crippen molar-refractivity contribution < 1.29 is 13.6 Å². The van der Waals surface area contributed by atoms with Crippen molar-refractivity contribution in [1.82, 2.24) is 4.90 Å². The number of carbonyl (C=O) groups is 1. The molecule has 0 bridgehead atoms. The highest BCUT2D eigenvalue weighted by Crippen LogP contribution is 2.21. The van der Waals surface area contributed by atoms with Crippen LogP contribution in [0.1, 0.15) is 23.7 Å². The molecule has 1 aromatic rings. The van der Waals surface area contributed by atoms with Gasteiger partial charge in [-0.05, 0) is 18.6 Å². The molecule has 18 heavy (non-hydrogen) atoms. The largest absolute Gasteiger partial charge is 0.327 e. The molecule has 0 N–H and O–H groups in total. The van der Waals surface area contributed by atoms with Gasteiger partial charge in [0, 0.05) is 11.0 Å². The number of nitrogens with zero attached hydrogens (tertiary/aromatic N) is 1. The second kappa shape index (κ2) is 6.50. The highest BCUT2D eigenvalue weighted by atomic mass is 79.9. The van der Waals surface area contributed by atoms with Gasteiger partial charge in [-0.25, -0.2) is 8.78 Å². The molecule has 96 valence electrons. The van der Waals surface area contributed by atoms with E-state index in [1.807, 2.05) is 6.92 Å². The minimum Gasteiger partial charge on any atom is -0.327 e. The van der Waals surface area contributed by atoms with Crippen molar-refractivity contribution in [1.29, 1.82) is 0 Å². The first kappa shape index (κ1) is 14.7. The van der Waals surface area contributed by atoms with E-state index in [9.17, 15) is 13.6 Å². The normalized spacial score (nSPS) is 9.94. The monoisotopic (exact) mass is 315 g/mol. The molecule has 0 radical (unpaired) electrons. The first-order valence-corrected chi connectivity index (χ1v) is 6.17. The van der Waals surface area contributed by atoms with Gasteiger partial charge in [-0.3, -0.25) is 4.79 Å². The fourth-order valence-electron chi connectivity index (χ4n) is 1.54. The highest BCUT2D eigenvalue weighted by Gasteiger charge is 2.22. The molecule has 0 fully saturated rings. The molecule has 2 nitrogen and oxygen atoms in total. The Morgan fingerprint density at radius 3 is 2.44 bits per heavy atom. The molecule has 0 spiro atoms. The minimum absolute atomic E-state index is 0.0294. The molecule has 1 amide bonds. The summed E-state index contributed by atoms with van der Waals surface area (Å²) in [6.45, 7) is 2.24. The summed E-state index contributed by atoms with van der Waals surface area (Å²) < 4.78 is 27.5. The lowest BCUT2D eigenvalue weighted by molar-refractivity contribution is 0.0767. The molecule has 1 aromatic carbocycles. The van der Waals surface area contributed by atoms with Crippen LogP contribution in [-0.4, -0.2) is 23.9 Å². The molecule has 0 aromatic heterocycles. The van der Waals surface area contributed by atoms with E-state index in [-0.39, 0.29) is 11.0 Å². The average Bonchev–Trinajstić information content (AvgIpc) is 2.27. The van der Waals surface area contributed by atoms with E-state index in [1.165, 1.54) is 4.90 Å². The Morgan fingerprint density at radius 1 is 1.44 bits per heavy atom. The molecular weight excluding hydrogens is 304 g/mol. The second-order valence-electron chi connectivity index (χ2n) is 3.68. The molecule has 0 heterocycles. The zero-order valence-electron chi connectivity index (χ0n) is 9.84. The predicted octanol–water partition coefficient (Wildman–Crippen LogP) is 3.21. The summed E-state index contributed by atoms with van der Waals surface area (Å²) in [6.07, 6.45) is 5.80. The SMILES string of the molecule is C#CCN(CCC)C(=O)c1c(F)cc(Br)cc1F. The molecular formula is C13H12BrF2NO. The maximum atomic E-state index is 13.6. The zero-order chi connectivity index (χ0) is 13.7. The third-order valence-electron chi connectivity index (χ3n) is 2.28. The van der Waals surface area contributed by atoms with Crippen LogP contribution in [0.25, 0.3) is 0 Å². The van der Waals surface area contributed by atoms with Gasteiger partial charge in [-0.1, -0.05) is 28.8 Å². The van der Waals surface area contributed by atoms with Gasteiger partial charge in [0.15, 0.2) is 0 Å². The van der Waals surface area contributed by atoms with E-state index < -0.39 is 23.1 Å². The van der Waals surface area contributed by atoms with Crippen molar-refractivity contribution in [3.8, 4) is 12.3 Å². The van der Waals surface area contributed by atoms with Crippen LogP contribution in [-0.2, 0) is 0 Å². The van der Waals surface area contributed by atoms with Gasteiger partial charge >= 0.3 is 0 Å². The Kier molecular flexibility index (Phi) is 5.29. The molecule has 5 heteroatoms. The van der Waals surface area contributed by atoms with Crippen LogP contribution in [0.2, 0.25) is 0 Å². The van der Waals surface area contributed by atoms with Crippen molar-refractivity contribution in [3.05, 3.63) is 33.8 Å². The number of amides is 1. The fraction of sp³-hybridized carbons (Fsp3) is 0.308. The molecule has 0 aliphatic heterocycles. The first-order chi connectivity index (χ1) is 8.51. The van der Waals surface area contributed by atoms with Gasteiger partial charge in [-0.2, -0.15) is 0 Å². The molecule has 0 saturated carbocycles. The second-order valence-corrected chi connectivity index (χ2v) is 4.59. The number of carbonyl (C=O) groups excluding carboxylic acids is 1. The Labute approximate surface area is 113 Å². The Hall–Kier alpha value is -1.41. The maximum Gasteiger partial charge on any atom is 0.260 e. The van der Waals surface area contributed by atoms with Gasteiger partial charge in [0.1, 0.15) is 17.2 Å². The Bertz CT molecular complexity index is 473. The molecule has 0 unspecified atom stereocenters. The quantitative estimate of drug-likeness (QED) is 0.781. The molecule has 0 atom stereocenters. The van der Waals surface area contributed by atoms with E-state index in [0.717, 1.165) is 12.1 Å². The standard InChI is InChI=1S/C13H12BrF2NO/c1-3-5-17(6-4-2)13(18)12-10(15)7-9(14)8-11(12)16/h1,7-8H,4-6H2,2H3. The number of rotatable bonds is 4. The van der Waals surface area contributed by atoms with Gasteiger partial charge in [0.2, 0.25) is 0 Å². The highest BCUT2D eigenvalue weighted by molar-refractivity contribution is 9.10. The first-order valence-electron chi connectivity index (χ1n) is 5.38. The van der Waals surface area contributed by atoms with Gasteiger partial charge in [0.05, 0.1) is 6.54 Å². The zero-order valence-corrected chi connectivity index (χ0v) is 11.4. The average molecular weight is 316 g/mol. The van der Waals surface area contributed by atoms with Crippen molar-refractivity contribution >= 4 is 21.8 Å². The van der Waals surface area contributed by atoms with Crippen molar-refractivity contribution in [3.63, 3.8) is 0 Å². The fourth-order valence-corrected chi connectivity index (χ4v) is 1.94. The number of hydrogen-bond donors (Lipinski definition) is 0. The third kappa shape index (κ3) is 3.30. The van der Waals surface area contributed by atoms with Crippen LogP contribution in [0, 0.1) is 24.0 Å². The topological polar surface area (TPSA) is 20.3 Å². The lowest BCUT2D eigenvalue weighted by Crippen LogP contribution is -2.33. The summed E-state index contributed by atoms with van der Waals surface area (Å²) >= 11 is 2.96. The number of terminal acetylenes is 1. The predicted molar refractivity (Wildman–Crippen MR) is 69.1 cm³/mol. The maximum absolute atomic E-state index is 13.6. The van der Waals surface area contributed by atoms with Crippen LogP contribution < -0.4 is 0 Å². The van der Waals surface area contributed by atoms with E-state index >= 15 is 0 Å². The van der Waals surface area contributed by atoms with E-state index in [2.05, 4.69) is 21.9 Å². The minimum atomic E-state index is -0.898. The number of benzene rings is 1. The van der Waals surface area contributed by atoms with Crippen molar-refractivity contribution in [2.75, 3.05) is 13.1 Å². The van der Waals surface area contributed by atoms with Crippen molar-refractivity contribution in [2.45, 2.75) is 13.3 Å². The summed E-state index contributed by atoms with van der Waals surface area (Å²) in [6, 6.07) is 2.10. The molecule has 0 aliphatic carbocycles. The van der Waals surface area contributed by atoms with Crippen LogP contribution >= 0.6 is 15.9 Å². The molecule has 0 saturated heterocycles. The molecule has 1 rings (SSSR count). The van der Waals surface area contributed by atoms with Gasteiger partial charge in [0.25, 0.3) is 5.91 Å². The Balaban J connectivity index is 3.13. The van der Waals surface area contributed by atoms with Crippen molar-refractivity contribution in [2.24, 2.45) is 0 Å². The van der Waals surface area contributed by atoms with Gasteiger partial charge < -0.3 is 4.90 Å². The van der Waals surface area contributed by atoms with E-state index in [0.29, 0.717) is 13.0 Å². The van der Waals surface area contributed by atoms with Crippen LogP contribution in [0.5, 0.6) is 0 Å². The summed E-state index contributed by atoms with van der Waals surface area (Å²) in [4.78, 5) is 13.3. The summed E-state index contributed by atoms with van der Waals surface area (Å²) in [5.41, 5.74) is -0.568. The van der Waals surface area contributed by atoms with Gasteiger partial charge in [-0.15, -0.1) is 6.42 Å². The summed E-state index contributed by atoms with van der Waals surface area (Å²) in [5, 5.41) is 0. The lowest BCUT2D eigenvalue weighted by atomic mass is 10.1. The van der Waals surface area contributed by atoms with E-state index in [1.54, 1.807) is 0 Å². The van der Waals surface area contributed by atoms with Crippen LogP contribution in [0.4, 0.5) is 8.78 Å². The summed E-state index contributed by atoms with van der Waals surface area (Å²) in [7, 11) is 0. The number of hydrogen-bond acceptors (Lipinski definition) is 1. The summed E-state index contributed by atoms with van der Waals surface area (Å²) in [5.74, 6) is -0.217.